The minimum Gasteiger partial charge on any atom is -0.506 e. The Bertz CT molecular complexity index is 1570. The summed E-state index contributed by atoms with van der Waals surface area (Å²) in [6.45, 7) is 4.20. The summed E-state index contributed by atoms with van der Waals surface area (Å²) in [7, 11) is -3.30. The predicted octanol–water partition coefficient (Wildman–Crippen LogP) is 7.31. The van der Waals surface area contributed by atoms with Crippen LogP contribution in [0.15, 0.2) is 98.1 Å². The zero-order valence-electron chi connectivity index (χ0n) is 19.8. The standard InChI is InChI=1S/C26H25N5O4S/c1-3-27-22-15-14-20-19(13-16-23(26(20)33)30-29-21-7-5-6-8-24(21)32)25(22)31-28-17-9-11-18(12-10-17)36(34,35)4-2/h5-16,27,32-33H,3-4H2,1-2H3. The maximum Gasteiger partial charge on any atom is 0.178 e. The first kappa shape index (κ1) is 24.8. The molecule has 0 saturated heterocycles. The second-order valence-corrected chi connectivity index (χ2v) is 10.1. The molecule has 0 aromatic heterocycles. The largest absolute Gasteiger partial charge is 0.506 e. The maximum absolute atomic E-state index is 12.0. The van der Waals surface area contributed by atoms with Crippen LogP contribution in [-0.2, 0) is 9.84 Å². The van der Waals surface area contributed by atoms with Gasteiger partial charge in [-0.2, -0.15) is 5.11 Å². The molecule has 0 bridgehead atoms. The number of phenols is 2. The zero-order valence-corrected chi connectivity index (χ0v) is 20.6. The number of rotatable bonds is 8. The lowest BCUT2D eigenvalue weighted by Gasteiger charge is -2.11. The molecule has 0 aliphatic carbocycles. The second-order valence-electron chi connectivity index (χ2n) is 7.81. The molecule has 0 amide bonds. The SMILES string of the molecule is CCNc1ccc2c(O)c(N=Nc3ccccc3O)ccc2c1N=Nc1ccc(S(=O)(=O)CC)cc1. The van der Waals surface area contributed by atoms with Crippen LogP contribution in [0.1, 0.15) is 13.8 Å². The van der Waals surface area contributed by atoms with E-state index in [0.29, 0.717) is 28.7 Å². The van der Waals surface area contributed by atoms with E-state index in [1.54, 1.807) is 61.5 Å². The molecule has 184 valence electrons. The summed E-state index contributed by atoms with van der Waals surface area (Å²) < 4.78 is 24.1. The highest BCUT2D eigenvalue weighted by Gasteiger charge is 2.14. The average molecular weight is 504 g/mol. The van der Waals surface area contributed by atoms with Crippen molar-refractivity contribution in [3.8, 4) is 11.5 Å². The quantitative estimate of drug-likeness (QED) is 0.217. The van der Waals surface area contributed by atoms with Crippen LogP contribution in [0.4, 0.5) is 28.4 Å². The van der Waals surface area contributed by atoms with Gasteiger partial charge in [0.2, 0.25) is 0 Å². The molecule has 0 atom stereocenters. The highest BCUT2D eigenvalue weighted by atomic mass is 32.2. The van der Waals surface area contributed by atoms with Gasteiger partial charge in [0.25, 0.3) is 0 Å². The number of anilines is 1. The molecule has 0 radical (unpaired) electrons. The zero-order chi connectivity index (χ0) is 25.7. The normalized spacial score (nSPS) is 12.1. The van der Waals surface area contributed by atoms with Gasteiger partial charge in [0, 0.05) is 17.3 Å². The lowest BCUT2D eigenvalue weighted by Crippen LogP contribution is -2.02. The van der Waals surface area contributed by atoms with Crippen LogP contribution in [0.5, 0.6) is 11.5 Å². The van der Waals surface area contributed by atoms with E-state index in [-0.39, 0.29) is 33.5 Å². The topological polar surface area (TPSA) is 136 Å². The van der Waals surface area contributed by atoms with Gasteiger partial charge in [-0.3, -0.25) is 0 Å². The summed E-state index contributed by atoms with van der Waals surface area (Å²) in [5, 5.41) is 42.0. The van der Waals surface area contributed by atoms with Crippen molar-refractivity contribution in [2.45, 2.75) is 18.7 Å². The summed E-state index contributed by atoms with van der Waals surface area (Å²) in [5.41, 5.74) is 2.24. The molecule has 4 rings (SSSR count). The Morgan fingerprint density at radius 1 is 0.750 bits per heavy atom. The molecule has 10 heteroatoms. The first-order valence-electron chi connectivity index (χ1n) is 11.3. The van der Waals surface area contributed by atoms with E-state index in [9.17, 15) is 18.6 Å². The number of phenolic OH excluding ortho intramolecular Hbond substituents is 2. The molecular formula is C26H25N5O4S. The van der Waals surface area contributed by atoms with Crippen molar-refractivity contribution >= 4 is 49.0 Å². The van der Waals surface area contributed by atoms with Crippen molar-refractivity contribution in [2.75, 3.05) is 17.6 Å². The molecule has 9 nitrogen and oxygen atoms in total. The summed E-state index contributed by atoms with van der Waals surface area (Å²) in [5.74, 6) is -0.0758. The monoisotopic (exact) mass is 503 g/mol. The van der Waals surface area contributed by atoms with Crippen molar-refractivity contribution in [2.24, 2.45) is 20.5 Å². The van der Waals surface area contributed by atoms with Gasteiger partial charge in [-0.1, -0.05) is 19.1 Å². The lowest BCUT2D eigenvalue weighted by atomic mass is 10.1. The predicted molar refractivity (Wildman–Crippen MR) is 140 cm³/mol. The molecule has 4 aromatic rings. The highest BCUT2D eigenvalue weighted by molar-refractivity contribution is 7.91. The minimum absolute atomic E-state index is 0.0140. The van der Waals surface area contributed by atoms with E-state index in [1.807, 2.05) is 6.92 Å². The van der Waals surface area contributed by atoms with Gasteiger partial charge in [-0.25, -0.2) is 8.42 Å². The Hall–Kier alpha value is -4.31. The van der Waals surface area contributed by atoms with Crippen LogP contribution in [0, 0.1) is 0 Å². The number of fused-ring (bicyclic) bond motifs is 1. The Labute approximate surface area is 208 Å². The Morgan fingerprint density at radius 3 is 2.14 bits per heavy atom. The Balaban J connectivity index is 1.73. The van der Waals surface area contributed by atoms with Crippen LogP contribution in [-0.4, -0.2) is 30.9 Å². The van der Waals surface area contributed by atoms with Gasteiger partial charge in [0.1, 0.15) is 22.8 Å². The van der Waals surface area contributed by atoms with Gasteiger partial charge in [-0.05, 0) is 67.6 Å². The van der Waals surface area contributed by atoms with Crippen molar-refractivity contribution in [1.29, 1.82) is 0 Å². The molecule has 3 N–H and O–H groups in total. The number of azo groups is 2. The Morgan fingerprint density at radius 2 is 1.44 bits per heavy atom. The van der Waals surface area contributed by atoms with Gasteiger partial charge in [0.15, 0.2) is 15.6 Å². The third kappa shape index (κ3) is 5.18. The van der Waals surface area contributed by atoms with Gasteiger partial charge in [-0.15, -0.1) is 15.3 Å². The van der Waals surface area contributed by atoms with Crippen LogP contribution < -0.4 is 5.32 Å². The number of hydrogen-bond donors (Lipinski definition) is 3. The minimum atomic E-state index is -3.30. The van der Waals surface area contributed by atoms with E-state index < -0.39 is 9.84 Å². The molecule has 4 aromatic carbocycles. The molecule has 0 aliphatic heterocycles. The number of benzene rings is 4. The molecule has 0 saturated carbocycles. The fourth-order valence-electron chi connectivity index (χ4n) is 3.53. The third-order valence-electron chi connectivity index (χ3n) is 5.48. The smallest absolute Gasteiger partial charge is 0.178 e. The Kier molecular flexibility index (Phi) is 7.25. The van der Waals surface area contributed by atoms with E-state index in [1.165, 1.54) is 18.2 Å². The highest BCUT2D eigenvalue weighted by Crippen LogP contribution is 2.43. The van der Waals surface area contributed by atoms with Crippen molar-refractivity contribution in [1.82, 2.24) is 0 Å². The second kappa shape index (κ2) is 10.5. The first-order valence-corrected chi connectivity index (χ1v) is 13.0. The van der Waals surface area contributed by atoms with Gasteiger partial charge < -0.3 is 15.5 Å². The molecular weight excluding hydrogens is 478 g/mol. The van der Waals surface area contributed by atoms with Crippen LogP contribution in [0.3, 0.4) is 0 Å². The summed E-state index contributed by atoms with van der Waals surface area (Å²) in [6.07, 6.45) is 0. The van der Waals surface area contributed by atoms with Crippen molar-refractivity contribution in [3.63, 3.8) is 0 Å². The van der Waals surface area contributed by atoms with E-state index in [0.717, 1.165) is 5.69 Å². The fraction of sp³-hybridized carbons (Fsp3) is 0.154. The van der Waals surface area contributed by atoms with Gasteiger partial charge in [0.05, 0.1) is 22.0 Å². The summed E-state index contributed by atoms with van der Waals surface area (Å²) >= 11 is 0. The van der Waals surface area contributed by atoms with E-state index in [4.69, 9.17) is 0 Å². The number of aromatic hydroxyl groups is 2. The van der Waals surface area contributed by atoms with E-state index >= 15 is 0 Å². The molecule has 0 unspecified atom stereocenters. The average Bonchev–Trinajstić information content (AvgIpc) is 2.89. The van der Waals surface area contributed by atoms with Crippen molar-refractivity contribution < 1.29 is 18.6 Å². The van der Waals surface area contributed by atoms with Crippen LogP contribution in [0.25, 0.3) is 10.8 Å². The third-order valence-corrected chi connectivity index (χ3v) is 7.23. The van der Waals surface area contributed by atoms with Crippen LogP contribution >= 0.6 is 0 Å². The van der Waals surface area contributed by atoms with Gasteiger partial charge >= 0.3 is 0 Å². The number of para-hydroxylation sites is 1. The first-order chi connectivity index (χ1) is 17.3. The van der Waals surface area contributed by atoms with Crippen LogP contribution in [0.2, 0.25) is 0 Å². The number of hydrogen-bond acceptors (Lipinski definition) is 9. The number of nitrogens with zero attached hydrogens (tertiary/aromatic N) is 4. The molecule has 0 fully saturated rings. The fourth-order valence-corrected chi connectivity index (χ4v) is 4.42. The molecule has 0 spiro atoms. The maximum atomic E-state index is 12.0. The summed E-state index contributed by atoms with van der Waals surface area (Å²) in [6, 6.07) is 19.7. The van der Waals surface area contributed by atoms with Crippen molar-refractivity contribution in [3.05, 3.63) is 72.8 Å². The number of nitrogens with one attached hydrogen (secondary N) is 1. The summed E-state index contributed by atoms with van der Waals surface area (Å²) in [4.78, 5) is 0.234. The molecule has 0 aliphatic rings. The molecule has 36 heavy (non-hydrogen) atoms. The molecule has 0 heterocycles. The number of sulfone groups is 1. The van der Waals surface area contributed by atoms with E-state index in [2.05, 4.69) is 25.8 Å². The lowest BCUT2D eigenvalue weighted by molar-refractivity contribution is 0.475.